The Kier molecular flexibility index (Phi) is 8.30. The number of aromatic nitrogens is 2. The van der Waals surface area contributed by atoms with Crippen LogP contribution >= 0.6 is 23.2 Å². The molecule has 1 aromatic heterocycles. The Morgan fingerprint density at radius 1 is 1.31 bits per heavy atom. The highest BCUT2D eigenvalue weighted by Crippen LogP contribution is 2.38. The quantitative estimate of drug-likeness (QED) is 0.385. The summed E-state index contributed by atoms with van der Waals surface area (Å²) in [5.41, 5.74) is 12.5. The van der Waals surface area contributed by atoms with Crippen molar-refractivity contribution >= 4 is 40.5 Å². The second kappa shape index (κ2) is 11.0. The van der Waals surface area contributed by atoms with Crippen LogP contribution in [0.2, 0.25) is 10.0 Å². The van der Waals surface area contributed by atoms with Crippen molar-refractivity contribution in [1.29, 1.82) is 0 Å². The van der Waals surface area contributed by atoms with Gasteiger partial charge in [-0.05, 0) is 44.1 Å². The molecule has 184 valence electrons. The van der Waals surface area contributed by atoms with Crippen LogP contribution in [0.3, 0.4) is 0 Å². The van der Waals surface area contributed by atoms with Crippen molar-refractivity contribution in [1.82, 2.24) is 14.9 Å². The number of rotatable bonds is 8. The smallest absolute Gasteiger partial charge is 0.227 e. The molecule has 1 atom stereocenters. The second-order valence-electron chi connectivity index (χ2n) is 8.36. The lowest BCUT2D eigenvalue weighted by Crippen LogP contribution is -2.22. The average Bonchev–Trinajstić information content (AvgIpc) is 3.01. The molecule has 3 N–H and O–H groups in total. The molecule has 6 nitrogen and oxygen atoms in total. The van der Waals surface area contributed by atoms with E-state index in [1.54, 1.807) is 25.4 Å². The third kappa shape index (κ3) is 5.55. The molecule has 0 fully saturated rings. The minimum atomic E-state index is 0.273. The number of nitrogens with zero attached hydrogens (tertiary/aromatic N) is 3. The molecular formula is C27H31Cl2N5O. The molecule has 0 radical (unpaired) electrons. The molecule has 0 spiro atoms. The molecule has 2 aromatic rings. The zero-order valence-electron chi connectivity index (χ0n) is 20.7. The summed E-state index contributed by atoms with van der Waals surface area (Å²) in [7, 11) is 3.62. The fourth-order valence-corrected chi connectivity index (χ4v) is 4.42. The van der Waals surface area contributed by atoms with E-state index in [4.69, 9.17) is 38.7 Å². The van der Waals surface area contributed by atoms with Gasteiger partial charge in [-0.1, -0.05) is 54.6 Å². The van der Waals surface area contributed by atoms with E-state index in [0.29, 0.717) is 50.8 Å². The lowest BCUT2D eigenvalue weighted by molar-refractivity contribution is 0.394. The van der Waals surface area contributed by atoms with Crippen molar-refractivity contribution in [3.63, 3.8) is 0 Å². The van der Waals surface area contributed by atoms with Gasteiger partial charge in [0.05, 0.1) is 34.7 Å². The molecule has 0 saturated heterocycles. The summed E-state index contributed by atoms with van der Waals surface area (Å²) in [5, 5.41) is 4.10. The van der Waals surface area contributed by atoms with Crippen LogP contribution in [0.1, 0.15) is 32.0 Å². The van der Waals surface area contributed by atoms with Gasteiger partial charge in [0, 0.05) is 42.0 Å². The van der Waals surface area contributed by atoms with Gasteiger partial charge in [0.2, 0.25) is 5.95 Å². The van der Waals surface area contributed by atoms with E-state index in [1.807, 2.05) is 19.1 Å². The zero-order chi connectivity index (χ0) is 25.9. The maximum atomic E-state index is 6.54. The summed E-state index contributed by atoms with van der Waals surface area (Å²) >= 11 is 12.9. The van der Waals surface area contributed by atoms with E-state index in [0.717, 1.165) is 16.8 Å². The van der Waals surface area contributed by atoms with E-state index in [9.17, 15) is 0 Å². The van der Waals surface area contributed by atoms with Gasteiger partial charge in [-0.25, -0.2) is 9.97 Å². The number of nitrogens with two attached hydrogens (primary N) is 1. The van der Waals surface area contributed by atoms with Crippen LogP contribution in [0, 0.1) is 0 Å². The lowest BCUT2D eigenvalue weighted by atomic mass is 9.95. The van der Waals surface area contributed by atoms with Crippen LogP contribution in [0.15, 0.2) is 72.1 Å². The Morgan fingerprint density at radius 2 is 2.03 bits per heavy atom. The van der Waals surface area contributed by atoms with Gasteiger partial charge in [-0.15, -0.1) is 0 Å². The third-order valence-corrected chi connectivity index (χ3v) is 6.81. The summed E-state index contributed by atoms with van der Waals surface area (Å²) in [4.78, 5) is 11.2. The molecule has 0 amide bonds. The van der Waals surface area contributed by atoms with E-state index in [1.165, 1.54) is 5.57 Å². The van der Waals surface area contributed by atoms with Crippen molar-refractivity contribution in [2.24, 2.45) is 5.73 Å². The van der Waals surface area contributed by atoms with Gasteiger partial charge in [-0.2, -0.15) is 0 Å². The summed E-state index contributed by atoms with van der Waals surface area (Å²) in [6, 6.07) is 3.70. The van der Waals surface area contributed by atoms with Crippen LogP contribution < -0.4 is 15.8 Å². The van der Waals surface area contributed by atoms with E-state index >= 15 is 0 Å². The molecule has 2 heterocycles. The molecule has 1 aromatic carbocycles. The Balaban J connectivity index is 1.98. The number of halogens is 2. The summed E-state index contributed by atoms with van der Waals surface area (Å²) in [6.45, 7) is 14.4. The van der Waals surface area contributed by atoms with E-state index in [2.05, 4.69) is 55.3 Å². The Labute approximate surface area is 217 Å². The van der Waals surface area contributed by atoms with Gasteiger partial charge >= 0.3 is 0 Å². The molecule has 0 aliphatic carbocycles. The largest absolute Gasteiger partial charge is 0.495 e. The Bertz CT molecular complexity index is 1260. The fraction of sp³-hybridized carbons (Fsp3) is 0.259. The van der Waals surface area contributed by atoms with Gasteiger partial charge in [0.25, 0.3) is 0 Å². The maximum Gasteiger partial charge on any atom is 0.227 e. The first-order valence-electron chi connectivity index (χ1n) is 11.1. The molecule has 0 saturated carbocycles. The highest BCUT2D eigenvalue weighted by atomic mass is 35.5. The first-order chi connectivity index (χ1) is 16.6. The van der Waals surface area contributed by atoms with Gasteiger partial charge in [-0.3, -0.25) is 0 Å². The van der Waals surface area contributed by atoms with Crippen molar-refractivity contribution in [3.8, 4) is 5.75 Å². The normalized spacial score (nSPS) is 16.4. The monoisotopic (exact) mass is 511 g/mol. The molecule has 0 bridgehead atoms. The first-order valence-corrected chi connectivity index (χ1v) is 11.9. The summed E-state index contributed by atoms with van der Waals surface area (Å²) < 4.78 is 5.50. The van der Waals surface area contributed by atoms with Crippen LogP contribution in [-0.2, 0) is 6.42 Å². The number of allylic oxidation sites excluding steroid dienone is 4. The van der Waals surface area contributed by atoms with Crippen molar-refractivity contribution in [2.45, 2.75) is 33.2 Å². The third-order valence-electron chi connectivity index (χ3n) is 6.18. The minimum absolute atomic E-state index is 0.273. The number of ether oxygens (including phenoxy) is 1. The molecule has 35 heavy (non-hydrogen) atoms. The molecule has 1 aliphatic heterocycles. The van der Waals surface area contributed by atoms with Gasteiger partial charge < -0.3 is 20.7 Å². The lowest BCUT2D eigenvalue weighted by Gasteiger charge is -2.20. The topological polar surface area (TPSA) is 76.3 Å². The van der Waals surface area contributed by atoms with E-state index in [-0.39, 0.29) is 6.04 Å². The number of nitrogens with one attached hydrogen (secondary N) is 1. The van der Waals surface area contributed by atoms with E-state index < -0.39 is 0 Å². The molecular weight excluding hydrogens is 481 g/mol. The highest BCUT2D eigenvalue weighted by molar-refractivity contribution is 6.32. The molecule has 3 rings (SSSR count). The minimum Gasteiger partial charge on any atom is -0.495 e. The highest BCUT2D eigenvalue weighted by Gasteiger charge is 2.29. The number of benzene rings is 1. The second-order valence-corrected chi connectivity index (χ2v) is 9.17. The van der Waals surface area contributed by atoms with Gasteiger partial charge in [0.1, 0.15) is 5.75 Å². The predicted molar refractivity (Wildman–Crippen MR) is 147 cm³/mol. The number of anilines is 2. The van der Waals surface area contributed by atoms with Crippen molar-refractivity contribution < 1.29 is 4.74 Å². The molecule has 1 aliphatic rings. The number of hydrogen-bond acceptors (Lipinski definition) is 6. The Morgan fingerprint density at radius 3 is 2.60 bits per heavy atom. The standard InChI is InChI=1S/C27H31Cl2N5O/c1-8-9-10-19(26-15(2)17(4)34(6)18(26)5)11-23-22(29)14-31-27(32-23)33-24-13-21(28)20(16(3)30)12-25(24)35-7/h8-10,12-14,17H,3,5,11,30H2,1-2,4,6-7H3,(H,31,32,33)/b9-8-,19-10-/t17-/m0/s1. The van der Waals surface area contributed by atoms with Crippen LogP contribution in [0.4, 0.5) is 11.6 Å². The Hall–Kier alpha value is -3.22. The number of likely N-dealkylation sites (N-methyl/N-ethyl adjacent to an activating group) is 1. The molecule has 0 unspecified atom stereocenters. The SMILES string of the molecule is C=C(N)c1cc(OC)c(Nc2ncc(Cl)c(C/C(=C/C=C\C)C3=C(C)[C@H](C)N(C)C3=C)n2)cc1Cl. The first kappa shape index (κ1) is 26.4. The summed E-state index contributed by atoms with van der Waals surface area (Å²) in [6.07, 6.45) is 8.19. The fourth-order valence-electron chi connectivity index (χ4n) is 3.97. The van der Waals surface area contributed by atoms with Crippen LogP contribution in [-0.4, -0.2) is 35.1 Å². The number of methoxy groups -OCH3 is 1. The zero-order valence-corrected chi connectivity index (χ0v) is 22.3. The maximum absolute atomic E-state index is 6.54. The average molecular weight is 512 g/mol. The van der Waals surface area contributed by atoms with Crippen LogP contribution in [0.25, 0.3) is 5.70 Å². The van der Waals surface area contributed by atoms with Gasteiger partial charge in [0.15, 0.2) is 0 Å². The van der Waals surface area contributed by atoms with Crippen LogP contribution in [0.5, 0.6) is 5.75 Å². The van der Waals surface area contributed by atoms with Crippen molar-refractivity contribution in [3.05, 3.63) is 93.4 Å². The van der Waals surface area contributed by atoms with Crippen molar-refractivity contribution in [2.75, 3.05) is 19.5 Å². The predicted octanol–water partition coefficient (Wildman–Crippen LogP) is 6.67. The summed E-state index contributed by atoms with van der Waals surface area (Å²) in [5.74, 6) is 0.898. The molecule has 8 heteroatoms. The number of hydrogen-bond donors (Lipinski definition) is 2.